The second kappa shape index (κ2) is 5.26. The number of nitrogens with zero attached hydrogens (tertiary/aromatic N) is 1. The highest BCUT2D eigenvalue weighted by molar-refractivity contribution is 9.10. The van der Waals surface area contributed by atoms with Crippen molar-refractivity contribution >= 4 is 49.8 Å². The van der Waals surface area contributed by atoms with Crippen molar-refractivity contribution in [3.8, 4) is 10.6 Å². The normalized spacial score (nSPS) is 10.4. The molecule has 0 radical (unpaired) electrons. The molecule has 1 aromatic carbocycles. The van der Waals surface area contributed by atoms with Crippen LogP contribution in [0.4, 0.5) is 5.00 Å². The molecule has 0 bridgehead atoms. The van der Waals surface area contributed by atoms with E-state index in [0.717, 1.165) is 10.0 Å². The lowest BCUT2D eigenvalue weighted by molar-refractivity contribution is 0.0596. The van der Waals surface area contributed by atoms with E-state index in [2.05, 4.69) is 25.7 Å². The maximum Gasteiger partial charge on any atom is 0.359 e. The zero-order valence-corrected chi connectivity index (χ0v) is 12.4. The topological polar surface area (TPSA) is 65.2 Å². The number of hydrogen-bond acceptors (Lipinski definition) is 5. The van der Waals surface area contributed by atoms with E-state index in [1.165, 1.54) is 18.4 Å². The predicted octanol–water partition coefficient (Wildman–Crippen LogP) is 3.59. The van der Waals surface area contributed by atoms with Gasteiger partial charge in [-0.25, -0.2) is 9.78 Å². The van der Waals surface area contributed by atoms with Crippen molar-refractivity contribution < 1.29 is 9.53 Å². The Hall–Kier alpha value is -1.11. The molecule has 0 unspecified atom stereocenters. The predicted molar refractivity (Wildman–Crippen MR) is 76.0 cm³/mol. The van der Waals surface area contributed by atoms with E-state index in [0.29, 0.717) is 15.0 Å². The molecule has 7 heteroatoms. The average Bonchev–Trinajstić information content (AvgIpc) is 2.73. The fraction of sp³-hybridized carbons (Fsp3) is 0.0909. The second-order valence-electron chi connectivity index (χ2n) is 3.35. The van der Waals surface area contributed by atoms with Gasteiger partial charge in [0.2, 0.25) is 0 Å². The molecule has 18 heavy (non-hydrogen) atoms. The number of hydrogen-bond donors (Lipinski definition) is 1. The highest BCUT2D eigenvalue weighted by Crippen LogP contribution is 2.36. The first-order valence-corrected chi connectivity index (χ1v) is 6.81. The summed E-state index contributed by atoms with van der Waals surface area (Å²) in [7, 11) is 1.28. The van der Waals surface area contributed by atoms with Crippen molar-refractivity contribution in [3.63, 3.8) is 0 Å². The van der Waals surface area contributed by atoms with Crippen LogP contribution in [-0.2, 0) is 4.74 Å². The van der Waals surface area contributed by atoms with E-state index < -0.39 is 5.97 Å². The van der Waals surface area contributed by atoms with Crippen LogP contribution < -0.4 is 5.73 Å². The van der Waals surface area contributed by atoms with Crippen molar-refractivity contribution in [2.45, 2.75) is 0 Å². The third-order valence-corrected chi connectivity index (χ3v) is 3.93. The minimum Gasteiger partial charge on any atom is -0.464 e. The molecule has 2 rings (SSSR count). The molecule has 0 amide bonds. The summed E-state index contributed by atoms with van der Waals surface area (Å²) in [6, 6.07) is 5.39. The Morgan fingerprint density at radius 3 is 2.94 bits per heavy atom. The number of methoxy groups -OCH3 is 1. The van der Waals surface area contributed by atoms with Gasteiger partial charge in [-0.15, -0.1) is 0 Å². The summed E-state index contributed by atoms with van der Waals surface area (Å²) in [4.78, 5) is 15.6. The highest BCUT2D eigenvalue weighted by atomic mass is 79.9. The number of benzene rings is 1. The molecular weight excluding hydrogens is 340 g/mol. The minimum absolute atomic E-state index is 0.119. The van der Waals surface area contributed by atoms with Gasteiger partial charge < -0.3 is 10.5 Å². The fourth-order valence-electron chi connectivity index (χ4n) is 1.35. The number of rotatable bonds is 2. The summed E-state index contributed by atoms with van der Waals surface area (Å²) in [6.07, 6.45) is 0. The Labute approximate surface area is 121 Å². The summed E-state index contributed by atoms with van der Waals surface area (Å²) >= 11 is 10.6. The van der Waals surface area contributed by atoms with Crippen LogP contribution in [0.3, 0.4) is 0 Å². The van der Waals surface area contributed by atoms with Crippen molar-refractivity contribution in [2.24, 2.45) is 0 Å². The number of halogens is 2. The van der Waals surface area contributed by atoms with Crippen LogP contribution in [-0.4, -0.2) is 18.1 Å². The zero-order valence-electron chi connectivity index (χ0n) is 9.24. The molecule has 0 atom stereocenters. The largest absolute Gasteiger partial charge is 0.464 e. The number of nitrogens with two attached hydrogens (primary N) is 1. The van der Waals surface area contributed by atoms with Crippen molar-refractivity contribution in [3.05, 3.63) is 33.4 Å². The van der Waals surface area contributed by atoms with Gasteiger partial charge in [0.05, 0.1) is 12.1 Å². The van der Waals surface area contributed by atoms with Crippen LogP contribution in [0, 0.1) is 0 Å². The van der Waals surface area contributed by atoms with Crippen LogP contribution in [0.15, 0.2) is 22.7 Å². The first-order valence-electron chi connectivity index (χ1n) is 4.83. The highest BCUT2D eigenvalue weighted by Gasteiger charge is 2.18. The molecule has 0 aliphatic rings. The maximum absolute atomic E-state index is 11.4. The van der Waals surface area contributed by atoms with Gasteiger partial charge in [0.1, 0.15) is 10.0 Å². The Bertz CT molecular complexity index is 615. The van der Waals surface area contributed by atoms with Gasteiger partial charge in [-0.2, -0.15) is 0 Å². The van der Waals surface area contributed by atoms with Gasteiger partial charge in [0, 0.05) is 10.0 Å². The van der Waals surface area contributed by atoms with Gasteiger partial charge >= 0.3 is 5.97 Å². The Morgan fingerprint density at radius 1 is 1.56 bits per heavy atom. The van der Waals surface area contributed by atoms with Crippen molar-refractivity contribution in [1.82, 2.24) is 4.98 Å². The molecule has 2 aromatic rings. The number of carbonyl (C=O) groups is 1. The zero-order chi connectivity index (χ0) is 13.3. The number of anilines is 1. The number of ether oxygens (including phenoxy) is 1. The Balaban J connectivity index is 2.52. The third kappa shape index (κ3) is 2.50. The molecule has 1 aromatic heterocycles. The average molecular weight is 348 g/mol. The molecule has 2 N–H and O–H groups in total. The molecule has 0 aliphatic heterocycles. The molecule has 0 fully saturated rings. The summed E-state index contributed by atoms with van der Waals surface area (Å²) in [5, 5.41) is 1.44. The van der Waals surface area contributed by atoms with Crippen LogP contribution in [0.5, 0.6) is 0 Å². The smallest absolute Gasteiger partial charge is 0.359 e. The van der Waals surface area contributed by atoms with E-state index in [1.807, 2.05) is 12.1 Å². The molecule has 4 nitrogen and oxygen atoms in total. The quantitative estimate of drug-likeness (QED) is 0.843. The van der Waals surface area contributed by atoms with Crippen LogP contribution >= 0.6 is 38.9 Å². The number of nitrogen functional groups attached to an aromatic ring is 1. The van der Waals surface area contributed by atoms with E-state index in [9.17, 15) is 4.79 Å². The summed E-state index contributed by atoms with van der Waals surface area (Å²) in [5.41, 5.74) is 6.58. The maximum atomic E-state index is 11.4. The molecule has 0 aliphatic carbocycles. The van der Waals surface area contributed by atoms with Crippen LogP contribution in [0.1, 0.15) is 10.5 Å². The van der Waals surface area contributed by atoms with Gasteiger partial charge in [-0.05, 0) is 18.2 Å². The molecule has 0 saturated heterocycles. The first kappa shape index (κ1) is 13.3. The standard InChI is InChI=1S/C11H8BrClN2O2S/c1-17-11(16)8-9(14)18-10(15-8)6-4-5(12)2-3-7(6)13/h2-4H,14H2,1H3. The molecule has 94 valence electrons. The van der Waals surface area contributed by atoms with E-state index in [1.54, 1.807) is 6.07 Å². The SMILES string of the molecule is COC(=O)c1nc(-c2cc(Br)ccc2Cl)sc1N. The van der Waals surface area contributed by atoms with E-state index in [-0.39, 0.29) is 5.69 Å². The molecule has 1 heterocycles. The summed E-state index contributed by atoms with van der Waals surface area (Å²) in [6.45, 7) is 0. The first-order chi connectivity index (χ1) is 8.52. The fourth-order valence-corrected chi connectivity index (χ4v) is 2.83. The third-order valence-electron chi connectivity index (χ3n) is 2.19. The van der Waals surface area contributed by atoms with Crippen LogP contribution in [0.2, 0.25) is 5.02 Å². The number of esters is 1. The van der Waals surface area contributed by atoms with E-state index >= 15 is 0 Å². The van der Waals surface area contributed by atoms with Crippen molar-refractivity contribution in [2.75, 3.05) is 12.8 Å². The lowest BCUT2D eigenvalue weighted by Crippen LogP contribution is -2.04. The molecule has 0 saturated carbocycles. The number of carbonyl (C=O) groups excluding carboxylic acids is 1. The lowest BCUT2D eigenvalue weighted by atomic mass is 10.2. The summed E-state index contributed by atoms with van der Waals surface area (Å²) < 4.78 is 5.47. The monoisotopic (exact) mass is 346 g/mol. The van der Waals surface area contributed by atoms with Crippen molar-refractivity contribution in [1.29, 1.82) is 0 Å². The van der Waals surface area contributed by atoms with Crippen LogP contribution in [0.25, 0.3) is 10.6 Å². The Kier molecular flexibility index (Phi) is 3.89. The molecule has 0 spiro atoms. The lowest BCUT2D eigenvalue weighted by Gasteiger charge is -2.00. The van der Waals surface area contributed by atoms with E-state index in [4.69, 9.17) is 17.3 Å². The second-order valence-corrected chi connectivity index (χ2v) is 5.70. The van der Waals surface area contributed by atoms with Gasteiger partial charge in [0.25, 0.3) is 0 Å². The Morgan fingerprint density at radius 2 is 2.28 bits per heavy atom. The summed E-state index contributed by atoms with van der Waals surface area (Å²) in [5.74, 6) is -0.555. The number of thiazole rings is 1. The molecular formula is C11H8BrClN2O2S. The van der Waals surface area contributed by atoms with Gasteiger partial charge in [-0.1, -0.05) is 38.9 Å². The number of aromatic nitrogens is 1. The van der Waals surface area contributed by atoms with Gasteiger partial charge in [0.15, 0.2) is 5.69 Å². The minimum atomic E-state index is -0.555. The van der Waals surface area contributed by atoms with Gasteiger partial charge in [-0.3, -0.25) is 0 Å².